The fourth-order valence-corrected chi connectivity index (χ4v) is 2.80. The number of aromatic nitrogens is 3. The van der Waals surface area contributed by atoms with Crippen molar-refractivity contribution in [1.82, 2.24) is 15.0 Å². The maximum absolute atomic E-state index is 12.7. The minimum atomic E-state index is -0.263. The molecule has 0 aliphatic rings. The third kappa shape index (κ3) is 4.87. The smallest absolute Gasteiger partial charge is 0.256 e. The highest BCUT2D eigenvalue weighted by Crippen LogP contribution is 2.21. The van der Waals surface area contributed by atoms with Crippen molar-refractivity contribution in [3.8, 4) is 0 Å². The van der Waals surface area contributed by atoms with Crippen LogP contribution in [-0.2, 0) is 0 Å². The summed E-state index contributed by atoms with van der Waals surface area (Å²) in [7, 11) is 0. The number of nitrogens with zero attached hydrogens (tertiary/aromatic N) is 3. The second kappa shape index (κ2) is 8.70. The van der Waals surface area contributed by atoms with E-state index in [0.29, 0.717) is 17.2 Å². The van der Waals surface area contributed by atoms with Gasteiger partial charge in [0.15, 0.2) is 0 Å². The molecule has 8 heteroatoms. The Balaban J connectivity index is 1.46. The van der Waals surface area contributed by atoms with Crippen LogP contribution in [-0.4, -0.2) is 20.9 Å². The summed E-state index contributed by atoms with van der Waals surface area (Å²) in [6, 6.07) is 18.0. The summed E-state index contributed by atoms with van der Waals surface area (Å²) < 4.78 is 0. The maximum Gasteiger partial charge on any atom is 0.256 e. The van der Waals surface area contributed by atoms with E-state index >= 15 is 0 Å². The molecule has 1 aromatic carbocycles. The van der Waals surface area contributed by atoms with Crippen LogP contribution in [0.25, 0.3) is 0 Å². The van der Waals surface area contributed by atoms with Gasteiger partial charge in [-0.3, -0.25) is 9.78 Å². The molecule has 0 bridgehead atoms. The lowest BCUT2D eigenvalue weighted by molar-refractivity contribution is 0.102. The zero-order valence-corrected chi connectivity index (χ0v) is 15.9. The van der Waals surface area contributed by atoms with Gasteiger partial charge in [0.05, 0.1) is 0 Å². The van der Waals surface area contributed by atoms with Gasteiger partial charge >= 0.3 is 0 Å². The summed E-state index contributed by atoms with van der Waals surface area (Å²) in [6.45, 7) is 0. The Morgan fingerprint density at radius 2 is 1.40 bits per heavy atom. The number of rotatable bonds is 6. The van der Waals surface area contributed by atoms with Crippen LogP contribution in [0.15, 0.2) is 85.5 Å². The molecule has 0 saturated heterocycles. The Labute approximate surface area is 173 Å². The van der Waals surface area contributed by atoms with Gasteiger partial charge in [-0.1, -0.05) is 6.07 Å². The molecule has 0 saturated carbocycles. The number of amides is 1. The van der Waals surface area contributed by atoms with Crippen molar-refractivity contribution in [2.24, 2.45) is 0 Å². The first-order valence-corrected chi connectivity index (χ1v) is 9.19. The first kappa shape index (κ1) is 18.9. The summed E-state index contributed by atoms with van der Waals surface area (Å²) >= 11 is 0. The van der Waals surface area contributed by atoms with Crippen molar-refractivity contribution in [2.45, 2.75) is 0 Å². The first-order valence-electron chi connectivity index (χ1n) is 9.19. The van der Waals surface area contributed by atoms with E-state index < -0.39 is 0 Å². The minimum Gasteiger partial charge on any atom is -0.384 e. The fraction of sp³-hybridized carbons (Fsp3) is 0. The van der Waals surface area contributed by atoms with Gasteiger partial charge in [-0.25, -0.2) is 9.97 Å². The van der Waals surface area contributed by atoms with E-state index in [1.807, 2.05) is 24.3 Å². The Morgan fingerprint density at radius 3 is 2.20 bits per heavy atom. The molecule has 4 rings (SSSR count). The number of benzene rings is 1. The predicted molar refractivity (Wildman–Crippen MR) is 118 cm³/mol. The summed E-state index contributed by atoms with van der Waals surface area (Å²) in [5.41, 5.74) is 9.45. The zero-order valence-electron chi connectivity index (χ0n) is 15.9. The molecule has 8 nitrogen and oxygen atoms in total. The second-order valence-corrected chi connectivity index (χ2v) is 6.42. The Morgan fingerprint density at radius 1 is 0.733 bits per heavy atom. The van der Waals surface area contributed by atoms with Crippen LogP contribution in [0.3, 0.4) is 0 Å². The van der Waals surface area contributed by atoms with Crippen LogP contribution in [0.4, 0.5) is 34.4 Å². The molecule has 0 aliphatic heterocycles. The molecule has 0 unspecified atom stereocenters. The fourth-order valence-electron chi connectivity index (χ4n) is 2.80. The van der Waals surface area contributed by atoms with Crippen molar-refractivity contribution >= 4 is 40.3 Å². The average molecular weight is 397 g/mol. The summed E-state index contributed by atoms with van der Waals surface area (Å²) in [6.07, 6.45) is 6.65. The van der Waals surface area contributed by atoms with E-state index in [4.69, 9.17) is 5.73 Å². The van der Waals surface area contributed by atoms with Crippen LogP contribution in [0.1, 0.15) is 10.4 Å². The van der Waals surface area contributed by atoms with Gasteiger partial charge in [-0.05, 0) is 42.5 Å². The summed E-state index contributed by atoms with van der Waals surface area (Å²) in [4.78, 5) is 24.9. The van der Waals surface area contributed by atoms with E-state index in [9.17, 15) is 4.79 Å². The molecule has 0 spiro atoms. The van der Waals surface area contributed by atoms with Gasteiger partial charge in [0.25, 0.3) is 5.91 Å². The van der Waals surface area contributed by atoms with Crippen LogP contribution < -0.4 is 21.7 Å². The number of nitrogens with one attached hydrogen (secondary N) is 3. The Kier molecular flexibility index (Phi) is 5.47. The molecule has 148 valence electrons. The van der Waals surface area contributed by atoms with E-state index in [-0.39, 0.29) is 5.91 Å². The molecular formula is C22H19N7O. The number of anilines is 6. The molecule has 30 heavy (non-hydrogen) atoms. The highest BCUT2D eigenvalue weighted by Gasteiger charge is 2.09. The number of hydrogen-bond acceptors (Lipinski definition) is 7. The molecular weight excluding hydrogens is 378 g/mol. The highest BCUT2D eigenvalue weighted by molar-refractivity contribution is 6.04. The van der Waals surface area contributed by atoms with Gasteiger partial charge < -0.3 is 21.7 Å². The van der Waals surface area contributed by atoms with Crippen LogP contribution in [0.2, 0.25) is 0 Å². The number of carbonyl (C=O) groups excluding carboxylic acids is 1. The standard InChI is InChI=1S/C22H19N7O/c23-20-13-18(6-10-25-20)28-17-3-1-2-15(12-17)22(30)29-21-14-19(7-11-26-21)27-16-4-8-24-9-5-16/h1-14H,(H3,23,25,28)(H2,24,26,27,29,30). The van der Waals surface area contributed by atoms with Crippen LogP contribution in [0, 0.1) is 0 Å². The number of nitrogen functional groups attached to an aromatic ring is 1. The number of hydrogen-bond donors (Lipinski definition) is 4. The minimum absolute atomic E-state index is 0.263. The maximum atomic E-state index is 12.7. The third-order valence-corrected chi connectivity index (χ3v) is 4.17. The monoisotopic (exact) mass is 397 g/mol. The Bertz CT molecular complexity index is 1160. The quantitative estimate of drug-likeness (QED) is 0.385. The highest BCUT2D eigenvalue weighted by atomic mass is 16.1. The molecule has 4 aromatic rings. The predicted octanol–water partition coefficient (Wildman–Crippen LogP) is 4.19. The largest absolute Gasteiger partial charge is 0.384 e. The molecule has 3 heterocycles. The lowest BCUT2D eigenvalue weighted by atomic mass is 10.2. The van der Waals surface area contributed by atoms with Crippen molar-refractivity contribution < 1.29 is 4.79 Å². The second-order valence-electron chi connectivity index (χ2n) is 6.42. The number of carbonyl (C=O) groups is 1. The molecule has 0 aliphatic carbocycles. The molecule has 0 fully saturated rings. The lowest BCUT2D eigenvalue weighted by Crippen LogP contribution is -2.13. The topological polar surface area (TPSA) is 118 Å². The average Bonchev–Trinajstić information content (AvgIpc) is 2.75. The summed E-state index contributed by atoms with van der Waals surface area (Å²) in [5, 5.41) is 9.28. The van der Waals surface area contributed by atoms with Crippen molar-refractivity contribution in [3.63, 3.8) is 0 Å². The summed E-state index contributed by atoms with van der Waals surface area (Å²) in [5.74, 6) is 0.598. The first-order chi connectivity index (χ1) is 14.7. The zero-order chi connectivity index (χ0) is 20.8. The molecule has 1 amide bonds. The molecule has 5 N–H and O–H groups in total. The van der Waals surface area contributed by atoms with E-state index in [0.717, 1.165) is 22.7 Å². The van der Waals surface area contributed by atoms with Crippen LogP contribution >= 0.6 is 0 Å². The Hall–Kier alpha value is -4.46. The van der Waals surface area contributed by atoms with Gasteiger partial charge in [0.1, 0.15) is 11.6 Å². The molecule has 3 aromatic heterocycles. The van der Waals surface area contributed by atoms with Crippen molar-refractivity contribution in [2.75, 3.05) is 21.7 Å². The SMILES string of the molecule is Nc1cc(Nc2cccc(C(=O)Nc3cc(Nc4ccncc4)ccn3)c2)ccn1. The normalized spacial score (nSPS) is 10.3. The van der Waals surface area contributed by atoms with Crippen molar-refractivity contribution in [1.29, 1.82) is 0 Å². The van der Waals surface area contributed by atoms with Crippen LogP contribution in [0.5, 0.6) is 0 Å². The van der Waals surface area contributed by atoms with E-state index in [2.05, 4.69) is 30.9 Å². The molecule has 0 radical (unpaired) electrons. The van der Waals surface area contributed by atoms with Gasteiger partial charge in [-0.2, -0.15) is 0 Å². The van der Waals surface area contributed by atoms with Gasteiger partial charge in [0.2, 0.25) is 0 Å². The molecule has 0 atom stereocenters. The van der Waals surface area contributed by atoms with Crippen molar-refractivity contribution in [3.05, 3.63) is 91.0 Å². The lowest BCUT2D eigenvalue weighted by Gasteiger charge is -2.10. The van der Waals surface area contributed by atoms with Gasteiger partial charge in [-0.15, -0.1) is 0 Å². The number of nitrogens with two attached hydrogens (primary N) is 1. The third-order valence-electron chi connectivity index (χ3n) is 4.17. The number of pyridine rings is 3. The van der Waals surface area contributed by atoms with E-state index in [1.54, 1.807) is 61.2 Å². The van der Waals surface area contributed by atoms with E-state index in [1.165, 1.54) is 0 Å². The van der Waals surface area contributed by atoms with Gasteiger partial charge in [0, 0.05) is 65.2 Å².